The summed E-state index contributed by atoms with van der Waals surface area (Å²) in [5.74, 6) is -1.25. The maximum atomic E-state index is 13.8. The minimum absolute atomic E-state index is 0.0221. The monoisotopic (exact) mass is 592 g/mol. The zero-order valence-electron chi connectivity index (χ0n) is 23.4. The number of rotatable bonds is 9. The van der Waals surface area contributed by atoms with Gasteiger partial charge in [0.05, 0.1) is 11.4 Å². The molecule has 0 aromatic heterocycles. The van der Waals surface area contributed by atoms with Crippen LogP contribution in [-0.2, 0) is 19.1 Å². The second-order valence-corrected chi connectivity index (χ2v) is 12.6. The molecule has 5 N–H and O–H groups in total. The van der Waals surface area contributed by atoms with Crippen LogP contribution in [0.2, 0.25) is 0 Å². The third-order valence-corrected chi connectivity index (χ3v) is 7.71. The fourth-order valence-electron chi connectivity index (χ4n) is 5.60. The van der Waals surface area contributed by atoms with Crippen LogP contribution in [0, 0.1) is 11.8 Å². The first-order chi connectivity index (χ1) is 18.4. The molecule has 1 saturated heterocycles. The predicted octanol–water partition coefficient (Wildman–Crippen LogP) is 3.39. The minimum Gasteiger partial charge on any atom is -0.444 e. The van der Waals surface area contributed by atoms with Crippen molar-refractivity contribution in [1.82, 2.24) is 15.5 Å². The number of aliphatic hydroxyl groups excluding tert-OH is 1. The summed E-state index contributed by atoms with van der Waals surface area (Å²) in [5.41, 5.74) is 4.63. The van der Waals surface area contributed by atoms with Crippen LogP contribution in [-0.4, -0.2) is 75.5 Å². The lowest BCUT2D eigenvalue weighted by Crippen LogP contribution is -2.58. The molecule has 0 aromatic carbocycles. The van der Waals surface area contributed by atoms with E-state index in [2.05, 4.69) is 10.6 Å². The standard InChI is InChI=1S/C26H44N4O6.CH2Cl2/c1-26(2,3)36-25(35)29-20(17-11-5-4-6-12-17)24(34)30-14-8-13-19(30)23(33)28-18(21(31)22(27)32)15-16-9-7-10-16;2-1-3/h16-21,31H,4-15H2,1-3H3,(H2,27,32)(H,28,33)(H,29,35);1H2/t18?,19?,20-,21?;/m0./s1. The highest BCUT2D eigenvalue weighted by Crippen LogP contribution is 2.32. The number of hydrogen-bond acceptors (Lipinski definition) is 6. The lowest BCUT2D eigenvalue weighted by atomic mass is 9.79. The van der Waals surface area contributed by atoms with E-state index in [4.69, 9.17) is 33.7 Å². The number of aliphatic hydroxyl groups is 1. The Balaban J connectivity index is 0.00000170. The molecular weight excluding hydrogens is 547 g/mol. The lowest BCUT2D eigenvalue weighted by molar-refractivity contribution is -0.142. The average molecular weight is 594 g/mol. The predicted molar refractivity (Wildman–Crippen MR) is 150 cm³/mol. The molecule has 10 nitrogen and oxygen atoms in total. The summed E-state index contributed by atoms with van der Waals surface area (Å²) in [6.45, 7) is 5.71. The number of nitrogens with two attached hydrogens (primary N) is 1. The number of likely N-dealkylation sites (tertiary alicyclic amines) is 1. The van der Waals surface area contributed by atoms with Crippen LogP contribution in [0.5, 0.6) is 0 Å². The summed E-state index contributed by atoms with van der Waals surface area (Å²) in [5, 5.41) is 16.2. The number of hydrogen-bond donors (Lipinski definition) is 4. The summed E-state index contributed by atoms with van der Waals surface area (Å²) < 4.78 is 5.43. The van der Waals surface area contributed by atoms with Crippen LogP contribution < -0.4 is 16.4 Å². The molecule has 3 fully saturated rings. The summed E-state index contributed by atoms with van der Waals surface area (Å²) in [7, 11) is 0. The number of carbonyl (C=O) groups is 4. The van der Waals surface area contributed by atoms with Gasteiger partial charge in [-0.2, -0.15) is 0 Å². The molecule has 0 bridgehead atoms. The van der Waals surface area contributed by atoms with Gasteiger partial charge < -0.3 is 31.1 Å². The first-order valence-electron chi connectivity index (χ1n) is 14.1. The Labute approximate surface area is 242 Å². The normalized spacial score (nSPS) is 22.4. The Hall–Kier alpha value is -1.78. The van der Waals surface area contributed by atoms with Crippen molar-refractivity contribution in [3.63, 3.8) is 0 Å². The quantitative estimate of drug-likeness (QED) is 0.301. The number of amides is 4. The van der Waals surface area contributed by atoms with E-state index in [-0.39, 0.29) is 17.2 Å². The van der Waals surface area contributed by atoms with Crippen molar-refractivity contribution in [2.45, 2.75) is 121 Å². The Morgan fingerprint density at radius 3 is 2.10 bits per heavy atom. The minimum atomic E-state index is -1.48. The van der Waals surface area contributed by atoms with Gasteiger partial charge in [-0.1, -0.05) is 38.5 Å². The van der Waals surface area contributed by atoms with Crippen molar-refractivity contribution in [3.05, 3.63) is 0 Å². The highest BCUT2D eigenvalue weighted by atomic mass is 35.5. The largest absolute Gasteiger partial charge is 0.444 e. The average Bonchev–Trinajstić information content (AvgIpc) is 3.33. The van der Waals surface area contributed by atoms with Gasteiger partial charge in [-0.25, -0.2) is 4.79 Å². The second-order valence-electron chi connectivity index (χ2n) is 11.8. The molecule has 0 spiro atoms. The van der Waals surface area contributed by atoms with E-state index in [9.17, 15) is 24.3 Å². The molecule has 4 amide bonds. The number of primary amides is 1. The molecule has 224 valence electrons. The van der Waals surface area contributed by atoms with Crippen molar-refractivity contribution < 1.29 is 29.0 Å². The number of nitrogens with one attached hydrogen (secondary N) is 2. The fraction of sp³-hybridized carbons (Fsp3) is 0.852. The Kier molecular flexibility index (Phi) is 13.6. The van der Waals surface area contributed by atoms with Crippen molar-refractivity contribution >= 4 is 47.0 Å². The van der Waals surface area contributed by atoms with E-state index >= 15 is 0 Å². The Morgan fingerprint density at radius 1 is 0.974 bits per heavy atom. The molecule has 1 aliphatic heterocycles. The molecule has 0 radical (unpaired) electrons. The highest BCUT2D eigenvalue weighted by Gasteiger charge is 2.42. The summed E-state index contributed by atoms with van der Waals surface area (Å²) in [4.78, 5) is 52.9. The Morgan fingerprint density at radius 2 is 1.59 bits per heavy atom. The molecule has 2 saturated carbocycles. The second kappa shape index (κ2) is 15.9. The molecule has 39 heavy (non-hydrogen) atoms. The van der Waals surface area contributed by atoms with Gasteiger partial charge in [0.15, 0.2) is 6.10 Å². The van der Waals surface area contributed by atoms with E-state index in [1.165, 1.54) is 0 Å². The molecule has 3 unspecified atom stereocenters. The highest BCUT2D eigenvalue weighted by molar-refractivity contribution is 6.40. The zero-order valence-corrected chi connectivity index (χ0v) is 24.9. The molecule has 3 rings (SSSR count). The van der Waals surface area contributed by atoms with E-state index in [1.807, 2.05) is 0 Å². The van der Waals surface area contributed by atoms with Gasteiger partial charge in [-0.3, -0.25) is 14.4 Å². The van der Waals surface area contributed by atoms with Crippen molar-refractivity contribution in [3.8, 4) is 0 Å². The van der Waals surface area contributed by atoms with Crippen molar-refractivity contribution in [2.24, 2.45) is 17.6 Å². The van der Waals surface area contributed by atoms with Crippen molar-refractivity contribution in [1.29, 1.82) is 0 Å². The third-order valence-electron chi connectivity index (χ3n) is 7.71. The summed E-state index contributed by atoms with van der Waals surface area (Å²) in [6, 6.07) is -2.28. The van der Waals surface area contributed by atoms with E-state index in [1.54, 1.807) is 25.7 Å². The topological polar surface area (TPSA) is 151 Å². The van der Waals surface area contributed by atoms with Crippen LogP contribution in [0.1, 0.15) is 91.4 Å². The lowest BCUT2D eigenvalue weighted by Gasteiger charge is -2.36. The fourth-order valence-corrected chi connectivity index (χ4v) is 5.60. The van der Waals surface area contributed by atoms with Crippen LogP contribution in [0.4, 0.5) is 4.79 Å². The van der Waals surface area contributed by atoms with Gasteiger partial charge in [0.1, 0.15) is 17.7 Å². The first kappa shape index (κ1) is 33.4. The number of ether oxygens (including phenoxy) is 1. The molecule has 2 aliphatic carbocycles. The maximum absolute atomic E-state index is 13.8. The first-order valence-corrected chi connectivity index (χ1v) is 15.1. The molecule has 1 heterocycles. The van der Waals surface area contributed by atoms with Gasteiger partial charge >= 0.3 is 6.09 Å². The van der Waals surface area contributed by atoms with Crippen molar-refractivity contribution in [2.75, 3.05) is 11.9 Å². The smallest absolute Gasteiger partial charge is 0.408 e. The molecular formula is C27H46Cl2N4O6. The number of carbonyl (C=O) groups excluding carboxylic acids is 4. The summed E-state index contributed by atoms with van der Waals surface area (Å²) >= 11 is 9.53. The van der Waals surface area contributed by atoms with Crippen LogP contribution in [0.3, 0.4) is 0 Å². The number of alkyl halides is 2. The summed E-state index contributed by atoms with van der Waals surface area (Å²) in [6.07, 6.45) is 7.28. The van der Waals surface area contributed by atoms with Gasteiger partial charge in [0, 0.05) is 6.54 Å². The molecule has 0 aromatic rings. The molecule has 4 atom stereocenters. The third kappa shape index (κ3) is 10.6. The van der Waals surface area contributed by atoms with Gasteiger partial charge in [-0.15, -0.1) is 23.2 Å². The SMILES string of the molecule is CC(C)(C)OC(=O)N[C@H](C(=O)N1CCCC1C(=O)NC(CC1CCC1)C(O)C(N)=O)C1CCCCC1.ClCCl. The number of halogens is 2. The van der Waals surface area contributed by atoms with E-state index < -0.39 is 47.7 Å². The van der Waals surface area contributed by atoms with Crippen LogP contribution in [0.25, 0.3) is 0 Å². The number of nitrogens with zero attached hydrogens (tertiary/aromatic N) is 1. The van der Waals surface area contributed by atoms with Gasteiger partial charge in [0.25, 0.3) is 0 Å². The molecule has 3 aliphatic rings. The van der Waals surface area contributed by atoms with Gasteiger partial charge in [0.2, 0.25) is 17.7 Å². The van der Waals surface area contributed by atoms with Crippen LogP contribution >= 0.6 is 23.2 Å². The van der Waals surface area contributed by atoms with E-state index in [0.29, 0.717) is 31.7 Å². The maximum Gasteiger partial charge on any atom is 0.408 e. The molecule has 12 heteroatoms. The van der Waals surface area contributed by atoms with Crippen LogP contribution in [0.15, 0.2) is 0 Å². The van der Waals surface area contributed by atoms with Gasteiger partial charge in [-0.05, 0) is 64.7 Å². The number of alkyl carbamates (subject to hydrolysis) is 1. The Bertz CT molecular complexity index is 830. The van der Waals surface area contributed by atoms with E-state index in [0.717, 1.165) is 51.4 Å². The zero-order chi connectivity index (χ0) is 29.2.